The Kier molecular flexibility index (Phi) is 4.14. The molecule has 0 heterocycles. The first-order valence-corrected chi connectivity index (χ1v) is 4.74. The maximum absolute atomic E-state index is 13.9. The Morgan fingerprint density at radius 1 is 1.24 bits per heavy atom. The average Bonchev–Trinajstić information content (AvgIpc) is 2.30. The third kappa shape index (κ3) is 2.58. The van der Waals surface area contributed by atoms with Gasteiger partial charge in [0.15, 0.2) is 23.1 Å². The molecule has 0 saturated carbocycles. The summed E-state index contributed by atoms with van der Waals surface area (Å²) in [5.41, 5.74) is -0.101. The smallest absolute Gasteiger partial charge is 0.308 e. The number of carbonyl (C=O) groups is 1. The molecular weight excluding hydrogens is 231 g/mol. The Morgan fingerprint density at radius 3 is 2.24 bits per heavy atom. The standard InChI is InChI=1S/C11H13FO5/c1-15-7-5-8(16-2)11(17-3)6(10(7)12)4-9(13)14/h5H,4H2,1-3H3,(H,13,14). The van der Waals surface area contributed by atoms with Crippen LogP contribution >= 0.6 is 0 Å². The largest absolute Gasteiger partial charge is 0.494 e. The molecule has 0 unspecified atom stereocenters. The van der Waals surface area contributed by atoms with E-state index in [1.54, 1.807) is 0 Å². The number of aliphatic carboxylic acids is 1. The second-order valence-corrected chi connectivity index (χ2v) is 3.18. The molecule has 0 saturated heterocycles. The summed E-state index contributed by atoms with van der Waals surface area (Å²) in [6.45, 7) is 0. The van der Waals surface area contributed by atoms with Gasteiger partial charge in [0.2, 0.25) is 0 Å². The molecule has 94 valence electrons. The summed E-state index contributed by atoms with van der Waals surface area (Å²) >= 11 is 0. The lowest BCUT2D eigenvalue weighted by molar-refractivity contribution is -0.136. The van der Waals surface area contributed by atoms with Crippen LogP contribution in [-0.2, 0) is 11.2 Å². The van der Waals surface area contributed by atoms with E-state index < -0.39 is 18.2 Å². The highest BCUT2D eigenvalue weighted by Crippen LogP contribution is 2.38. The van der Waals surface area contributed by atoms with Crippen molar-refractivity contribution in [3.63, 3.8) is 0 Å². The van der Waals surface area contributed by atoms with Crippen molar-refractivity contribution in [3.8, 4) is 17.2 Å². The van der Waals surface area contributed by atoms with Gasteiger partial charge in [-0.1, -0.05) is 0 Å². The molecule has 0 fully saturated rings. The predicted molar refractivity (Wildman–Crippen MR) is 57.4 cm³/mol. The zero-order valence-corrected chi connectivity index (χ0v) is 9.74. The number of hydrogen-bond donors (Lipinski definition) is 1. The first-order valence-electron chi connectivity index (χ1n) is 4.74. The summed E-state index contributed by atoms with van der Waals surface area (Å²) in [5, 5.41) is 8.73. The number of carboxylic acids is 1. The highest BCUT2D eigenvalue weighted by atomic mass is 19.1. The van der Waals surface area contributed by atoms with E-state index in [-0.39, 0.29) is 22.8 Å². The highest BCUT2D eigenvalue weighted by Gasteiger charge is 2.22. The van der Waals surface area contributed by atoms with Gasteiger partial charge in [-0.05, 0) is 0 Å². The van der Waals surface area contributed by atoms with Gasteiger partial charge in [0, 0.05) is 11.6 Å². The lowest BCUT2D eigenvalue weighted by Gasteiger charge is -2.14. The Hall–Kier alpha value is -1.98. The molecule has 1 aromatic carbocycles. The number of rotatable bonds is 5. The predicted octanol–water partition coefficient (Wildman–Crippen LogP) is 1.48. The van der Waals surface area contributed by atoms with Gasteiger partial charge in [0.25, 0.3) is 0 Å². The van der Waals surface area contributed by atoms with Gasteiger partial charge in [0.1, 0.15) is 0 Å². The fraction of sp³-hybridized carbons (Fsp3) is 0.364. The SMILES string of the molecule is COc1cc(OC)c(OC)c(CC(=O)O)c1F. The normalized spacial score (nSPS) is 9.88. The lowest BCUT2D eigenvalue weighted by atomic mass is 10.1. The average molecular weight is 244 g/mol. The molecule has 0 aliphatic carbocycles. The summed E-state index contributed by atoms with van der Waals surface area (Å²) < 4.78 is 28.6. The quantitative estimate of drug-likeness (QED) is 0.849. The molecule has 0 bridgehead atoms. The molecule has 1 N–H and O–H groups in total. The van der Waals surface area contributed by atoms with Gasteiger partial charge >= 0.3 is 5.97 Å². The van der Waals surface area contributed by atoms with Gasteiger partial charge < -0.3 is 19.3 Å². The number of methoxy groups -OCH3 is 3. The third-order valence-electron chi connectivity index (χ3n) is 2.21. The molecular formula is C11H13FO5. The maximum Gasteiger partial charge on any atom is 0.308 e. The van der Waals surface area contributed by atoms with Crippen LogP contribution in [0.3, 0.4) is 0 Å². The molecule has 0 atom stereocenters. The first-order chi connectivity index (χ1) is 8.04. The van der Waals surface area contributed by atoms with Crippen LogP contribution in [-0.4, -0.2) is 32.4 Å². The molecule has 5 nitrogen and oxygen atoms in total. The molecule has 0 spiro atoms. The summed E-state index contributed by atoms with van der Waals surface area (Å²) in [7, 11) is 3.98. The minimum absolute atomic E-state index is 0.0631. The number of carboxylic acid groups (broad SMARTS) is 1. The minimum atomic E-state index is -1.17. The molecule has 0 aromatic heterocycles. The Labute approximate surface area is 97.7 Å². The van der Waals surface area contributed by atoms with Crippen LogP contribution in [0.15, 0.2) is 6.07 Å². The molecule has 0 aliphatic heterocycles. The Balaban J connectivity index is 3.43. The molecule has 0 radical (unpaired) electrons. The fourth-order valence-electron chi connectivity index (χ4n) is 1.48. The number of halogens is 1. The van der Waals surface area contributed by atoms with Crippen LogP contribution in [0.4, 0.5) is 4.39 Å². The second-order valence-electron chi connectivity index (χ2n) is 3.18. The van der Waals surface area contributed by atoms with Crippen LogP contribution in [0.1, 0.15) is 5.56 Å². The number of hydrogen-bond acceptors (Lipinski definition) is 4. The Morgan fingerprint density at radius 2 is 1.82 bits per heavy atom. The van der Waals surface area contributed by atoms with Crippen LogP contribution in [0.25, 0.3) is 0 Å². The van der Waals surface area contributed by atoms with Crippen LogP contribution < -0.4 is 14.2 Å². The second kappa shape index (κ2) is 5.38. The summed E-state index contributed by atoms with van der Waals surface area (Å²) in [4.78, 5) is 10.7. The highest BCUT2D eigenvalue weighted by molar-refractivity contribution is 5.73. The molecule has 6 heteroatoms. The van der Waals surface area contributed by atoms with Crippen molar-refractivity contribution in [2.45, 2.75) is 6.42 Å². The van der Waals surface area contributed by atoms with Crippen LogP contribution in [0.5, 0.6) is 17.2 Å². The van der Waals surface area contributed by atoms with Crippen molar-refractivity contribution in [1.82, 2.24) is 0 Å². The van der Waals surface area contributed by atoms with Crippen molar-refractivity contribution in [1.29, 1.82) is 0 Å². The van der Waals surface area contributed by atoms with Crippen molar-refractivity contribution in [3.05, 3.63) is 17.4 Å². The van der Waals surface area contributed by atoms with E-state index in [0.29, 0.717) is 0 Å². The summed E-state index contributed by atoms with van der Waals surface area (Å²) in [5.74, 6) is -1.72. The molecule has 0 amide bonds. The topological polar surface area (TPSA) is 65.0 Å². The lowest BCUT2D eigenvalue weighted by Crippen LogP contribution is -2.07. The van der Waals surface area contributed by atoms with E-state index in [1.807, 2.05) is 0 Å². The molecule has 1 rings (SSSR count). The monoisotopic (exact) mass is 244 g/mol. The fourth-order valence-corrected chi connectivity index (χ4v) is 1.48. The minimum Gasteiger partial charge on any atom is -0.494 e. The van der Waals surface area contributed by atoms with Gasteiger partial charge in [-0.3, -0.25) is 4.79 Å². The van der Waals surface area contributed by atoms with E-state index in [9.17, 15) is 9.18 Å². The number of ether oxygens (including phenoxy) is 3. The molecule has 17 heavy (non-hydrogen) atoms. The van der Waals surface area contributed by atoms with E-state index in [0.717, 1.165) is 0 Å². The first kappa shape index (κ1) is 13.1. The number of benzene rings is 1. The summed E-state index contributed by atoms with van der Waals surface area (Å²) in [6, 6.07) is 1.31. The van der Waals surface area contributed by atoms with E-state index in [2.05, 4.69) is 0 Å². The van der Waals surface area contributed by atoms with Crippen molar-refractivity contribution < 1.29 is 28.5 Å². The van der Waals surface area contributed by atoms with Crippen molar-refractivity contribution in [2.75, 3.05) is 21.3 Å². The van der Waals surface area contributed by atoms with Crippen molar-refractivity contribution >= 4 is 5.97 Å². The Bertz CT molecular complexity index is 430. The maximum atomic E-state index is 13.9. The van der Waals surface area contributed by atoms with Crippen LogP contribution in [0.2, 0.25) is 0 Å². The van der Waals surface area contributed by atoms with Crippen molar-refractivity contribution in [2.24, 2.45) is 0 Å². The van der Waals surface area contributed by atoms with Gasteiger partial charge in [-0.2, -0.15) is 0 Å². The van der Waals surface area contributed by atoms with E-state index >= 15 is 0 Å². The van der Waals surface area contributed by atoms with E-state index in [1.165, 1.54) is 27.4 Å². The zero-order chi connectivity index (χ0) is 13.0. The van der Waals surface area contributed by atoms with Gasteiger partial charge in [-0.25, -0.2) is 4.39 Å². The van der Waals surface area contributed by atoms with Crippen LogP contribution in [0, 0.1) is 5.82 Å². The van der Waals surface area contributed by atoms with E-state index in [4.69, 9.17) is 19.3 Å². The molecule has 0 aliphatic rings. The molecule has 1 aromatic rings. The zero-order valence-electron chi connectivity index (χ0n) is 9.74. The summed E-state index contributed by atoms with van der Waals surface area (Å²) in [6.07, 6.45) is -0.511. The third-order valence-corrected chi connectivity index (χ3v) is 2.21. The van der Waals surface area contributed by atoms with Gasteiger partial charge in [-0.15, -0.1) is 0 Å². The van der Waals surface area contributed by atoms with Gasteiger partial charge in [0.05, 0.1) is 27.8 Å².